The Balaban J connectivity index is 1.58. The zero-order valence-electron chi connectivity index (χ0n) is 15.7. The first-order valence-electron chi connectivity index (χ1n) is 9.30. The first kappa shape index (κ1) is 18.9. The molecule has 0 bridgehead atoms. The Morgan fingerprint density at radius 2 is 1.88 bits per heavy atom. The Bertz CT molecular complexity index is 722. The number of aryl methyl sites for hydroxylation is 1. The van der Waals surface area contributed by atoms with Gasteiger partial charge in [0.1, 0.15) is 0 Å². The van der Waals surface area contributed by atoms with Crippen LogP contribution in [0.1, 0.15) is 26.3 Å². The highest BCUT2D eigenvalue weighted by molar-refractivity contribution is 8.00. The second-order valence-corrected chi connectivity index (χ2v) is 7.84. The van der Waals surface area contributed by atoms with Gasteiger partial charge in [-0.05, 0) is 25.5 Å². The summed E-state index contributed by atoms with van der Waals surface area (Å²) in [6.45, 7) is 10.8. The third-order valence-corrected chi connectivity index (χ3v) is 5.81. The van der Waals surface area contributed by atoms with E-state index in [0.29, 0.717) is 5.16 Å². The first-order chi connectivity index (χ1) is 12.6. The minimum Gasteiger partial charge on any atom is -0.339 e. The van der Waals surface area contributed by atoms with Crippen LogP contribution in [-0.4, -0.2) is 68.9 Å². The molecule has 0 saturated carbocycles. The lowest BCUT2D eigenvalue weighted by Gasteiger charge is -2.35. The fourth-order valence-electron chi connectivity index (χ4n) is 3.08. The van der Waals surface area contributed by atoms with Crippen LogP contribution >= 0.6 is 11.8 Å². The molecule has 1 atom stereocenters. The molecule has 1 aromatic carbocycles. The van der Waals surface area contributed by atoms with Crippen molar-refractivity contribution in [1.29, 1.82) is 0 Å². The Morgan fingerprint density at radius 3 is 2.50 bits per heavy atom. The van der Waals surface area contributed by atoms with Gasteiger partial charge < -0.3 is 9.80 Å². The molecule has 1 aliphatic rings. The monoisotopic (exact) mass is 373 g/mol. The molecular weight excluding hydrogens is 346 g/mol. The molecule has 1 amide bonds. The number of benzene rings is 1. The number of aromatic nitrogens is 3. The summed E-state index contributed by atoms with van der Waals surface area (Å²) in [5, 5.41) is 7.69. The lowest BCUT2D eigenvalue weighted by molar-refractivity contribution is -0.132. The molecule has 1 aromatic heterocycles. The van der Waals surface area contributed by atoms with E-state index in [1.165, 1.54) is 17.3 Å². The summed E-state index contributed by atoms with van der Waals surface area (Å²) < 4.78 is 0. The van der Waals surface area contributed by atoms with Gasteiger partial charge in [0.15, 0.2) is 5.82 Å². The number of rotatable bonds is 6. The molecule has 26 heavy (non-hydrogen) atoms. The van der Waals surface area contributed by atoms with Gasteiger partial charge in [-0.15, -0.1) is 5.10 Å². The third-order valence-electron chi connectivity index (χ3n) is 4.86. The zero-order chi connectivity index (χ0) is 18.5. The molecule has 1 N–H and O–H groups in total. The second-order valence-electron chi connectivity index (χ2n) is 6.54. The molecular formula is C19H27N5OS. The summed E-state index contributed by atoms with van der Waals surface area (Å²) in [5.74, 6) is 0.913. The van der Waals surface area contributed by atoms with Crippen molar-refractivity contribution in [2.45, 2.75) is 37.6 Å². The average molecular weight is 374 g/mol. The van der Waals surface area contributed by atoms with E-state index in [4.69, 9.17) is 0 Å². The smallest absolute Gasteiger partial charge is 0.235 e. The SMILES string of the molecule is CCc1ccc(-c2nc(S[C@H](C)C(=O)N3CCN(CC)CC3)n[nH]2)cc1. The van der Waals surface area contributed by atoms with Gasteiger partial charge in [0.25, 0.3) is 0 Å². The van der Waals surface area contributed by atoms with Crippen molar-refractivity contribution < 1.29 is 4.79 Å². The predicted molar refractivity (Wildman–Crippen MR) is 105 cm³/mol. The fraction of sp³-hybridized carbons (Fsp3) is 0.526. The standard InChI is InChI=1S/C19H27N5OS/c1-4-15-6-8-16(9-7-15)17-20-19(22-21-17)26-14(3)18(25)24-12-10-23(5-2)11-13-24/h6-9,14H,4-5,10-13H2,1-3H3,(H,20,21,22)/t14-/m1/s1. The molecule has 1 saturated heterocycles. The minimum atomic E-state index is -0.186. The number of hydrogen-bond donors (Lipinski definition) is 1. The van der Waals surface area contributed by atoms with Crippen molar-refractivity contribution in [1.82, 2.24) is 25.0 Å². The van der Waals surface area contributed by atoms with Crippen molar-refractivity contribution in [3.05, 3.63) is 29.8 Å². The quantitative estimate of drug-likeness (QED) is 0.789. The molecule has 2 aromatic rings. The van der Waals surface area contributed by atoms with Crippen LogP contribution in [0.4, 0.5) is 0 Å². The van der Waals surface area contributed by atoms with E-state index in [1.54, 1.807) is 0 Å². The number of carbonyl (C=O) groups excluding carboxylic acids is 1. The van der Waals surface area contributed by atoms with Crippen LogP contribution in [-0.2, 0) is 11.2 Å². The van der Waals surface area contributed by atoms with Crippen LogP contribution in [0, 0.1) is 0 Å². The molecule has 140 valence electrons. The van der Waals surface area contributed by atoms with E-state index < -0.39 is 0 Å². The molecule has 3 rings (SSSR count). The summed E-state index contributed by atoms with van der Waals surface area (Å²) in [7, 11) is 0. The number of nitrogens with one attached hydrogen (secondary N) is 1. The maximum absolute atomic E-state index is 12.7. The second kappa shape index (κ2) is 8.68. The highest BCUT2D eigenvalue weighted by Gasteiger charge is 2.26. The van der Waals surface area contributed by atoms with Gasteiger partial charge >= 0.3 is 0 Å². The number of H-pyrrole nitrogens is 1. The van der Waals surface area contributed by atoms with Crippen LogP contribution in [0.15, 0.2) is 29.4 Å². The first-order valence-corrected chi connectivity index (χ1v) is 10.2. The largest absolute Gasteiger partial charge is 0.339 e. The van der Waals surface area contributed by atoms with Gasteiger partial charge in [0.05, 0.1) is 5.25 Å². The van der Waals surface area contributed by atoms with Gasteiger partial charge in [0, 0.05) is 31.7 Å². The number of thioether (sulfide) groups is 1. The maximum Gasteiger partial charge on any atom is 0.235 e. The molecule has 0 radical (unpaired) electrons. The highest BCUT2D eigenvalue weighted by Crippen LogP contribution is 2.24. The number of hydrogen-bond acceptors (Lipinski definition) is 5. The van der Waals surface area contributed by atoms with Crippen LogP contribution < -0.4 is 0 Å². The summed E-state index contributed by atoms with van der Waals surface area (Å²) in [4.78, 5) is 21.5. The third kappa shape index (κ3) is 4.45. The van der Waals surface area contributed by atoms with Crippen molar-refractivity contribution in [3.8, 4) is 11.4 Å². The van der Waals surface area contributed by atoms with Crippen LogP contribution in [0.5, 0.6) is 0 Å². The maximum atomic E-state index is 12.7. The van der Waals surface area contributed by atoms with Gasteiger partial charge in [-0.2, -0.15) is 0 Å². The van der Waals surface area contributed by atoms with Crippen molar-refractivity contribution in [2.75, 3.05) is 32.7 Å². The Kier molecular flexibility index (Phi) is 6.32. The molecule has 2 heterocycles. The Labute approximate surface area is 159 Å². The normalized spacial score (nSPS) is 16.7. The molecule has 0 aliphatic carbocycles. The van der Waals surface area contributed by atoms with Crippen LogP contribution in [0.3, 0.4) is 0 Å². The predicted octanol–water partition coefficient (Wildman–Crippen LogP) is 2.68. The van der Waals surface area contributed by atoms with Crippen molar-refractivity contribution in [3.63, 3.8) is 0 Å². The Hall–Kier alpha value is -1.86. The van der Waals surface area contributed by atoms with E-state index in [1.807, 2.05) is 11.8 Å². The number of likely N-dealkylation sites (N-methyl/N-ethyl adjacent to an activating group) is 1. The number of aromatic amines is 1. The molecule has 1 fully saturated rings. The highest BCUT2D eigenvalue weighted by atomic mass is 32.2. The van der Waals surface area contributed by atoms with Gasteiger partial charge in [-0.3, -0.25) is 9.89 Å². The lowest BCUT2D eigenvalue weighted by atomic mass is 10.1. The summed E-state index contributed by atoms with van der Waals surface area (Å²) >= 11 is 1.42. The Morgan fingerprint density at radius 1 is 1.19 bits per heavy atom. The zero-order valence-corrected chi connectivity index (χ0v) is 16.6. The number of piperazine rings is 1. The van der Waals surface area contributed by atoms with Gasteiger partial charge in [0.2, 0.25) is 11.1 Å². The number of nitrogens with zero attached hydrogens (tertiary/aromatic N) is 4. The molecule has 6 nitrogen and oxygen atoms in total. The number of amides is 1. The minimum absolute atomic E-state index is 0.171. The van der Waals surface area contributed by atoms with Gasteiger partial charge in [-0.25, -0.2) is 4.98 Å². The van der Waals surface area contributed by atoms with Crippen molar-refractivity contribution >= 4 is 17.7 Å². The molecule has 0 unspecified atom stereocenters. The fourth-order valence-corrected chi connectivity index (χ4v) is 3.89. The topological polar surface area (TPSA) is 65.1 Å². The van der Waals surface area contributed by atoms with Gasteiger partial charge in [-0.1, -0.05) is 49.9 Å². The van der Waals surface area contributed by atoms with E-state index in [-0.39, 0.29) is 11.2 Å². The van der Waals surface area contributed by atoms with Crippen molar-refractivity contribution in [2.24, 2.45) is 0 Å². The molecule has 1 aliphatic heterocycles. The van der Waals surface area contributed by atoms with E-state index in [2.05, 4.69) is 58.2 Å². The molecule has 7 heteroatoms. The van der Waals surface area contributed by atoms with Crippen LogP contribution in [0.2, 0.25) is 0 Å². The van der Waals surface area contributed by atoms with E-state index in [9.17, 15) is 4.79 Å². The summed E-state index contributed by atoms with van der Waals surface area (Å²) in [6.07, 6.45) is 1.02. The van der Waals surface area contributed by atoms with Crippen LogP contribution in [0.25, 0.3) is 11.4 Å². The number of carbonyl (C=O) groups is 1. The van der Waals surface area contributed by atoms with E-state index in [0.717, 1.165) is 50.5 Å². The lowest BCUT2D eigenvalue weighted by Crippen LogP contribution is -2.50. The summed E-state index contributed by atoms with van der Waals surface area (Å²) in [6, 6.07) is 8.31. The summed E-state index contributed by atoms with van der Waals surface area (Å²) in [5.41, 5.74) is 2.31. The van der Waals surface area contributed by atoms with E-state index >= 15 is 0 Å². The average Bonchev–Trinajstić information content (AvgIpc) is 3.16. The molecule has 0 spiro atoms.